The standard InChI is InChI=1S/C19H18ClN3O2/c20-16-5-3-6-17(12-16)22-8-10-23(11-9-22)19(24)14-25-18-7-2-1-4-15(18)13-21/h1-7,12H,8-11,14H2. The Balaban J connectivity index is 1.52. The van der Waals surface area contributed by atoms with Crippen LogP contribution in [-0.4, -0.2) is 43.6 Å². The minimum Gasteiger partial charge on any atom is -0.482 e. The van der Waals surface area contributed by atoms with E-state index in [9.17, 15) is 4.79 Å². The fourth-order valence-electron chi connectivity index (χ4n) is 2.80. The maximum atomic E-state index is 12.3. The number of carbonyl (C=O) groups excluding carboxylic acids is 1. The zero-order valence-corrected chi connectivity index (χ0v) is 14.4. The number of nitrogens with zero attached hydrogens (tertiary/aromatic N) is 3. The van der Waals surface area contributed by atoms with Crippen LogP contribution in [-0.2, 0) is 4.79 Å². The van der Waals surface area contributed by atoms with Crippen LogP contribution in [0.4, 0.5) is 5.69 Å². The van der Waals surface area contributed by atoms with Gasteiger partial charge in [-0.2, -0.15) is 5.26 Å². The number of halogens is 1. The van der Waals surface area contributed by atoms with Crippen molar-refractivity contribution in [2.24, 2.45) is 0 Å². The molecule has 2 aromatic rings. The molecule has 0 bridgehead atoms. The number of rotatable bonds is 4. The van der Waals surface area contributed by atoms with Gasteiger partial charge < -0.3 is 14.5 Å². The summed E-state index contributed by atoms with van der Waals surface area (Å²) in [6.07, 6.45) is 0. The van der Waals surface area contributed by atoms with Gasteiger partial charge in [-0.05, 0) is 30.3 Å². The van der Waals surface area contributed by atoms with Gasteiger partial charge in [-0.25, -0.2) is 0 Å². The normalized spacial score (nSPS) is 14.1. The molecule has 6 heteroatoms. The molecule has 1 saturated heterocycles. The topological polar surface area (TPSA) is 56.6 Å². The number of ether oxygens (including phenoxy) is 1. The van der Waals surface area contributed by atoms with Crippen molar-refractivity contribution in [1.29, 1.82) is 5.26 Å². The molecule has 5 nitrogen and oxygen atoms in total. The third-order valence-electron chi connectivity index (χ3n) is 4.16. The summed E-state index contributed by atoms with van der Waals surface area (Å²) in [5.74, 6) is 0.370. The smallest absolute Gasteiger partial charge is 0.260 e. The Labute approximate surface area is 152 Å². The molecule has 1 heterocycles. The molecule has 1 aliphatic heterocycles. The summed E-state index contributed by atoms with van der Waals surface area (Å²) < 4.78 is 5.53. The van der Waals surface area contributed by atoms with Crippen LogP contribution in [0, 0.1) is 11.3 Å². The zero-order valence-electron chi connectivity index (χ0n) is 13.7. The molecule has 0 N–H and O–H groups in total. The van der Waals surface area contributed by atoms with Gasteiger partial charge in [-0.1, -0.05) is 29.8 Å². The maximum Gasteiger partial charge on any atom is 0.260 e. The van der Waals surface area contributed by atoms with E-state index in [0.717, 1.165) is 18.8 Å². The second kappa shape index (κ2) is 7.91. The molecular weight excluding hydrogens is 338 g/mol. The van der Waals surface area contributed by atoms with Gasteiger partial charge in [-0.15, -0.1) is 0 Å². The van der Waals surface area contributed by atoms with Gasteiger partial charge in [0.25, 0.3) is 5.91 Å². The van der Waals surface area contributed by atoms with Crippen molar-refractivity contribution in [2.45, 2.75) is 0 Å². The quantitative estimate of drug-likeness (QED) is 0.846. The Hall–Kier alpha value is -2.71. The molecule has 3 rings (SSSR count). The number of hydrogen-bond donors (Lipinski definition) is 0. The first-order valence-electron chi connectivity index (χ1n) is 8.07. The van der Waals surface area contributed by atoms with Crippen LogP contribution >= 0.6 is 11.6 Å². The van der Waals surface area contributed by atoms with Crippen molar-refractivity contribution in [1.82, 2.24) is 4.90 Å². The summed E-state index contributed by atoms with van der Waals surface area (Å²) in [5, 5.41) is 9.76. The Morgan fingerprint density at radius 3 is 2.60 bits per heavy atom. The van der Waals surface area contributed by atoms with E-state index < -0.39 is 0 Å². The summed E-state index contributed by atoms with van der Waals surface area (Å²) in [6, 6.07) is 16.7. The molecule has 0 unspecified atom stereocenters. The number of anilines is 1. The molecular formula is C19H18ClN3O2. The molecule has 0 aliphatic carbocycles. The molecule has 1 amide bonds. The summed E-state index contributed by atoms with van der Waals surface area (Å²) in [4.78, 5) is 16.3. The SMILES string of the molecule is N#Cc1ccccc1OCC(=O)N1CCN(c2cccc(Cl)c2)CC1. The second-order valence-corrected chi connectivity index (χ2v) is 6.18. The average Bonchev–Trinajstić information content (AvgIpc) is 2.66. The summed E-state index contributed by atoms with van der Waals surface area (Å²) in [5.41, 5.74) is 1.50. The number of hydrogen-bond acceptors (Lipinski definition) is 4. The molecule has 25 heavy (non-hydrogen) atoms. The molecule has 0 aromatic heterocycles. The van der Waals surface area contributed by atoms with E-state index in [0.29, 0.717) is 29.4 Å². The second-order valence-electron chi connectivity index (χ2n) is 5.74. The largest absolute Gasteiger partial charge is 0.482 e. The van der Waals surface area contributed by atoms with Crippen molar-refractivity contribution in [2.75, 3.05) is 37.7 Å². The average molecular weight is 356 g/mol. The highest BCUT2D eigenvalue weighted by Crippen LogP contribution is 2.21. The van der Waals surface area contributed by atoms with Crippen LogP contribution in [0.2, 0.25) is 5.02 Å². The van der Waals surface area contributed by atoms with Crippen molar-refractivity contribution in [3.63, 3.8) is 0 Å². The third kappa shape index (κ3) is 4.23. The first-order valence-corrected chi connectivity index (χ1v) is 8.45. The number of piperazine rings is 1. The summed E-state index contributed by atoms with van der Waals surface area (Å²) in [6.45, 7) is 2.71. The molecule has 0 atom stereocenters. The van der Waals surface area contributed by atoms with Gasteiger partial charge in [0, 0.05) is 36.9 Å². The van der Waals surface area contributed by atoms with Gasteiger partial charge in [0.1, 0.15) is 11.8 Å². The summed E-state index contributed by atoms with van der Waals surface area (Å²) in [7, 11) is 0. The Morgan fingerprint density at radius 2 is 1.88 bits per heavy atom. The van der Waals surface area contributed by atoms with Gasteiger partial charge in [-0.3, -0.25) is 4.79 Å². The highest BCUT2D eigenvalue weighted by atomic mass is 35.5. The monoisotopic (exact) mass is 355 g/mol. The minimum absolute atomic E-state index is 0.0597. The van der Waals surface area contributed by atoms with E-state index in [4.69, 9.17) is 21.6 Å². The van der Waals surface area contributed by atoms with Crippen LogP contribution < -0.4 is 9.64 Å². The molecule has 0 spiro atoms. The molecule has 1 aliphatic rings. The predicted molar refractivity (Wildman–Crippen MR) is 96.9 cm³/mol. The number of para-hydroxylation sites is 1. The van der Waals surface area contributed by atoms with E-state index >= 15 is 0 Å². The molecule has 128 valence electrons. The van der Waals surface area contributed by atoms with Gasteiger partial charge >= 0.3 is 0 Å². The molecule has 0 radical (unpaired) electrons. The number of benzene rings is 2. The molecule has 2 aromatic carbocycles. The Kier molecular flexibility index (Phi) is 5.42. The van der Waals surface area contributed by atoms with Gasteiger partial charge in [0.05, 0.1) is 5.56 Å². The Bertz CT molecular complexity index is 795. The van der Waals surface area contributed by atoms with Crippen LogP contribution in [0.25, 0.3) is 0 Å². The first-order chi connectivity index (χ1) is 12.2. The highest BCUT2D eigenvalue weighted by Gasteiger charge is 2.22. The summed E-state index contributed by atoms with van der Waals surface area (Å²) >= 11 is 6.04. The number of carbonyl (C=O) groups is 1. The minimum atomic E-state index is -0.0708. The lowest BCUT2D eigenvalue weighted by Gasteiger charge is -2.36. The van der Waals surface area contributed by atoms with Crippen molar-refractivity contribution >= 4 is 23.2 Å². The van der Waals surface area contributed by atoms with E-state index in [1.807, 2.05) is 24.3 Å². The fourth-order valence-corrected chi connectivity index (χ4v) is 2.99. The Morgan fingerprint density at radius 1 is 1.12 bits per heavy atom. The van der Waals surface area contributed by atoms with Gasteiger partial charge in [0.2, 0.25) is 0 Å². The number of nitriles is 1. The van der Waals surface area contributed by atoms with E-state index in [1.165, 1.54) is 0 Å². The van der Waals surface area contributed by atoms with Gasteiger partial charge in [0.15, 0.2) is 6.61 Å². The van der Waals surface area contributed by atoms with Crippen molar-refractivity contribution in [3.8, 4) is 11.8 Å². The number of amides is 1. The van der Waals surface area contributed by atoms with E-state index in [-0.39, 0.29) is 12.5 Å². The van der Waals surface area contributed by atoms with Crippen LogP contribution in [0.1, 0.15) is 5.56 Å². The zero-order chi connectivity index (χ0) is 17.6. The van der Waals surface area contributed by atoms with Crippen LogP contribution in [0.5, 0.6) is 5.75 Å². The first kappa shape index (κ1) is 17.1. The lowest BCUT2D eigenvalue weighted by Crippen LogP contribution is -2.50. The maximum absolute atomic E-state index is 12.3. The fraction of sp³-hybridized carbons (Fsp3) is 0.263. The highest BCUT2D eigenvalue weighted by molar-refractivity contribution is 6.30. The predicted octanol–water partition coefficient (Wildman–Crippen LogP) is 2.94. The lowest BCUT2D eigenvalue weighted by atomic mass is 10.2. The molecule has 0 saturated carbocycles. The van der Waals surface area contributed by atoms with E-state index in [1.54, 1.807) is 29.2 Å². The van der Waals surface area contributed by atoms with Crippen LogP contribution in [0.15, 0.2) is 48.5 Å². The van der Waals surface area contributed by atoms with E-state index in [2.05, 4.69) is 11.0 Å². The molecule has 1 fully saturated rings. The van der Waals surface area contributed by atoms with Crippen molar-refractivity contribution in [3.05, 3.63) is 59.1 Å². The third-order valence-corrected chi connectivity index (χ3v) is 4.40. The van der Waals surface area contributed by atoms with Crippen LogP contribution in [0.3, 0.4) is 0 Å². The lowest BCUT2D eigenvalue weighted by molar-refractivity contribution is -0.133. The van der Waals surface area contributed by atoms with Crippen molar-refractivity contribution < 1.29 is 9.53 Å².